The number of thiazole rings is 1. The molecule has 3 aromatic rings. The van der Waals surface area contributed by atoms with E-state index >= 15 is 0 Å². The van der Waals surface area contributed by atoms with E-state index in [1.807, 2.05) is 49.6 Å². The third-order valence-corrected chi connectivity index (χ3v) is 4.46. The standard InChI is InChI=1S/C21H21N3O3S/c1-3-26-18-6-4-5-7-19(18)27-21-11-8-16(13-23-21)12-22-20(25)10-9-17-14-28-15(2)24-17/h4-11,13-14H,3,12H2,1-2H3,(H,22,25). The topological polar surface area (TPSA) is 73.3 Å². The van der Waals surface area contributed by atoms with Crippen LogP contribution in [0.5, 0.6) is 17.4 Å². The Bertz CT molecular complexity index is 952. The summed E-state index contributed by atoms with van der Waals surface area (Å²) in [6, 6.07) is 11.1. The number of amides is 1. The molecule has 0 atom stereocenters. The molecule has 0 unspecified atom stereocenters. The number of hydrogen-bond donors (Lipinski definition) is 1. The number of nitrogens with one attached hydrogen (secondary N) is 1. The van der Waals surface area contributed by atoms with Crippen LogP contribution in [0, 0.1) is 6.92 Å². The molecule has 1 aromatic carbocycles. The lowest BCUT2D eigenvalue weighted by Crippen LogP contribution is -2.20. The Morgan fingerprint density at radius 3 is 2.71 bits per heavy atom. The highest BCUT2D eigenvalue weighted by Crippen LogP contribution is 2.30. The van der Waals surface area contributed by atoms with E-state index in [4.69, 9.17) is 9.47 Å². The number of benzene rings is 1. The maximum Gasteiger partial charge on any atom is 0.244 e. The van der Waals surface area contributed by atoms with E-state index in [2.05, 4.69) is 15.3 Å². The van der Waals surface area contributed by atoms with Crippen LogP contribution >= 0.6 is 11.3 Å². The van der Waals surface area contributed by atoms with Crippen molar-refractivity contribution in [3.05, 3.63) is 70.3 Å². The van der Waals surface area contributed by atoms with Gasteiger partial charge in [-0.15, -0.1) is 11.3 Å². The van der Waals surface area contributed by atoms with E-state index in [9.17, 15) is 4.79 Å². The molecular formula is C21H21N3O3S. The number of pyridine rings is 1. The van der Waals surface area contributed by atoms with E-state index < -0.39 is 0 Å². The highest BCUT2D eigenvalue weighted by molar-refractivity contribution is 7.09. The molecule has 2 heterocycles. The van der Waals surface area contributed by atoms with Gasteiger partial charge in [0.1, 0.15) is 0 Å². The molecular weight excluding hydrogens is 374 g/mol. The molecule has 6 nitrogen and oxygen atoms in total. The molecule has 0 aliphatic heterocycles. The number of aryl methyl sites for hydroxylation is 1. The highest BCUT2D eigenvalue weighted by Gasteiger charge is 2.06. The molecule has 0 aliphatic rings. The summed E-state index contributed by atoms with van der Waals surface area (Å²) in [7, 11) is 0. The fourth-order valence-corrected chi connectivity index (χ4v) is 2.94. The predicted molar refractivity (Wildman–Crippen MR) is 110 cm³/mol. The van der Waals surface area contributed by atoms with Gasteiger partial charge in [-0.3, -0.25) is 4.79 Å². The number of ether oxygens (including phenoxy) is 2. The van der Waals surface area contributed by atoms with Gasteiger partial charge in [0, 0.05) is 30.3 Å². The van der Waals surface area contributed by atoms with Crippen molar-refractivity contribution in [2.75, 3.05) is 6.61 Å². The van der Waals surface area contributed by atoms with Crippen molar-refractivity contribution in [2.24, 2.45) is 0 Å². The van der Waals surface area contributed by atoms with Crippen molar-refractivity contribution in [3.63, 3.8) is 0 Å². The van der Waals surface area contributed by atoms with Gasteiger partial charge in [0.25, 0.3) is 0 Å². The number of rotatable bonds is 8. The third kappa shape index (κ3) is 5.65. The molecule has 0 aliphatic carbocycles. The van der Waals surface area contributed by atoms with E-state index in [1.54, 1.807) is 29.7 Å². The molecule has 2 aromatic heterocycles. The first-order chi connectivity index (χ1) is 13.6. The fourth-order valence-electron chi connectivity index (χ4n) is 2.36. The Labute approximate surface area is 167 Å². The lowest BCUT2D eigenvalue weighted by molar-refractivity contribution is -0.116. The Hall–Kier alpha value is -3.19. The van der Waals surface area contributed by atoms with Crippen LogP contribution < -0.4 is 14.8 Å². The van der Waals surface area contributed by atoms with Gasteiger partial charge >= 0.3 is 0 Å². The first kappa shape index (κ1) is 19.6. The van der Waals surface area contributed by atoms with Gasteiger partial charge in [0.05, 0.1) is 17.3 Å². The average molecular weight is 395 g/mol. The van der Waals surface area contributed by atoms with Crippen LogP contribution in [0.4, 0.5) is 0 Å². The van der Waals surface area contributed by atoms with Crippen LogP contribution in [0.2, 0.25) is 0 Å². The summed E-state index contributed by atoms with van der Waals surface area (Å²) in [4.78, 5) is 20.5. The van der Waals surface area contributed by atoms with Crippen LogP contribution in [-0.2, 0) is 11.3 Å². The molecule has 0 saturated carbocycles. The smallest absolute Gasteiger partial charge is 0.244 e. The van der Waals surface area contributed by atoms with Crippen LogP contribution in [-0.4, -0.2) is 22.5 Å². The minimum atomic E-state index is -0.184. The van der Waals surface area contributed by atoms with Crippen molar-refractivity contribution in [1.82, 2.24) is 15.3 Å². The Kier molecular flexibility index (Phi) is 6.75. The zero-order valence-electron chi connectivity index (χ0n) is 15.7. The van der Waals surface area contributed by atoms with Crippen LogP contribution in [0.3, 0.4) is 0 Å². The van der Waals surface area contributed by atoms with Crippen molar-refractivity contribution >= 4 is 23.3 Å². The van der Waals surface area contributed by atoms with Gasteiger partial charge in [-0.05, 0) is 37.6 Å². The average Bonchev–Trinajstić information content (AvgIpc) is 3.13. The van der Waals surface area contributed by atoms with Gasteiger partial charge < -0.3 is 14.8 Å². The van der Waals surface area contributed by atoms with Crippen molar-refractivity contribution in [1.29, 1.82) is 0 Å². The van der Waals surface area contributed by atoms with Crippen molar-refractivity contribution < 1.29 is 14.3 Å². The Morgan fingerprint density at radius 1 is 1.21 bits per heavy atom. The van der Waals surface area contributed by atoms with Crippen LogP contribution in [0.25, 0.3) is 6.08 Å². The second kappa shape index (κ2) is 9.66. The van der Waals surface area contributed by atoms with E-state index in [0.29, 0.717) is 30.5 Å². The highest BCUT2D eigenvalue weighted by atomic mass is 32.1. The zero-order valence-corrected chi connectivity index (χ0v) is 16.5. The lowest BCUT2D eigenvalue weighted by Gasteiger charge is -2.10. The quantitative estimate of drug-likeness (QED) is 0.574. The largest absolute Gasteiger partial charge is 0.490 e. The maximum atomic E-state index is 11.9. The number of hydrogen-bond acceptors (Lipinski definition) is 6. The number of aromatic nitrogens is 2. The molecule has 3 rings (SSSR count). The number of carbonyl (C=O) groups is 1. The summed E-state index contributed by atoms with van der Waals surface area (Å²) in [6.45, 7) is 4.79. The summed E-state index contributed by atoms with van der Waals surface area (Å²) in [6.07, 6.45) is 4.85. The second-order valence-electron chi connectivity index (χ2n) is 5.83. The normalized spacial score (nSPS) is 10.8. The van der Waals surface area contributed by atoms with E-state index in [1.165, 1.54) is 6.08 Å². The first-order valence-corrected chi connectivity index (χ1v) is 9.74. The Balaban J connectivity index is 1.53. The van der Waals surface area contributed by atoms with Gasteiger partial charge in [-0.25, -0.2) is 9.97 Å². The summed E-state index contributed by atoms with van der Waals surface area (Å²) in [5.41, 5.74) is 1.66. The third-order valence-electron chi connectivity index (χ3n) is 3.67. The van der Waals surface area contributed by atoms with Crippen LogP contribution in [0.1, 0.15) is 23.2 Å². The molecule has 0 fully saturated rings. The minimum Gasteiger partial charge on any atom is -0.490 e. The molecule has 0 bridgehead atoms. The van der Waals surface area contributed by atoms with Crippen molar-refractivity contribution in [3.8, 4) is 17.4 Å². The molecule has 1 N–H and O–H groups in total. The number of para-hydroxylation sites is 2. The van der Waals surface area contributed by atoms with Crippen LogP contribution in [0.15, 0.2) is 54.1 Å². The summed E-state index contributed by atoms with van der Waals surface area (Å²) in [5.74, 6) is 1.56. The molecule has 144 valence electrons. The molecule has 28 heavy (non-hydrogen) atoms. The second-order valence-corrected chi connectivity index (χ2v) is 6.89. The molecule has 0 spiro atoms. The Morgan fingerprint density at radius 2 is 2.04 bits per heavy atom. The summed E-state index contributed by atoms with van der Waals surface area (Å²) >= 11 is 1.55. The SMILES string of the molecule is CCOc1ccccc1Oc1ccc(CNC(=O)C=Cc2csc(C)n2)cn1. The summed E-state index contributed by atoms with van der Waals surface area (Å²) < 4.78 is 11.3. The fraction of sp³-hybridized carbons (Fsp3) is 0.190. The van der Waals surface area contributed by atoms with E-state index in [0.717, 1.165) is 16.3 Å². The van der Waals surface area contributed by atoms with Gasteiger partial charge in [-0.2, -0.15) is 0 Å². The zero-order chi connectivity index (χ0) is 19.8. The predicted octanol–water partition coefficient (Wildman–Crippen LogP) is 4.37. The lowest BCUT2D eigenvalue weighted by atomic mass is 10.3. The minimum absolute atomic E-state index is 0.184. The summed E-state index contributed by atoms with van der Waals surface area (Å²) in [5, 5.41) is 5.70. The van der Waals surface area contributed by atoms with E-state index in [-0.39, 0.29) is 5.91 Å². The monoisotopic (exact) mass is 395 g/mol. The molecule has 1 amide bonds. The molecule has 0 radical (unpaired) electrons. The molecule has 0 saturated heterocycles. The van der Waals surface area contributed by atoms with Gasteiger partial charge in [-0.1, -0.05) is 18.2 Å². The number of carbonyl (C=O) groups excluding carboxylic acids is 1. The molecule has 7 heteroatoms. The number of nitrogens with zero attached hydrogens (tertiary/aromatic N) is 2. The maximum absolute atomic E-state index is 11.9. The first-order valence-electron chi connectivity index (χ1n) is 8.86. The van der Waals surface area contributed by atoms with Crippen molar-refractivity contribution in [2.45, 2.75) is 20.4 Å². The van der Waals surface area contributed by atoms with Gasteiger partial charge in [0.15, 0.2) is 11.5 Å². The van der Waals surface area contributed by atoms with Gasteiger partial charge in [0.2, 0.25) is 11.8 Å².